The minimum atomic E-state index is -0.663. The van der Waals surface area contributed by atoms with Crippen molar-refractivity contribution in [3.05, 3.63) is 68.7 Å². The van der Waals surface area contributed by atoms with Crippen LogP contribution >= 0.6 is 11.6 Å². The second-order valence-electron chi connectivity index (χ2n) is 8.09. The first-order valence-corrected chi connectivity index (χ1v) is 11.0. The number of fused-ring (bicyclic) bond motifs is 1. The number of aromatic nitrogens is 1. The summed E-state index contributed by atoms with van der Waals surface area (Å²) in [6.45, 7) is 5.41. The van der Waals surface area contributed by atoms with Crippen molar-refractivity contribution in [3.63, 3.8) is 0 Å². The first kappa shape index (κ1) is 22.4. The Morgan fingerprint density at radius 2 is 2.00 bits per heavy atom. The summed E-state index contributed by atoms with van der Waals surface area (Å²) in [5.41, 5.74) is 3.65. The number of carbonyl (C=O) groups is 1. The van der Waals surface area contributed by atoms with Crippen LogP contribution in [0.15, 0.2) is 45.6 Å². The van der Waals surface area contributed by atoms with E-state index in [4.69, 9.17) is 20.8 Å². The minimum absolute atomic E-state index is 0.193. The number of aliphatic hydroxyl groups excluding tert-OH is 1. The van der Waals surface area contributed by atoms with Crippen molar-refractivity contribution in [2.45, 2.75) is 26.1 Å². The van der Waals surface area contributed by atoms with Crippen LogP contribution in [0.25, 0.3) is 11.1 Å². The Morgan fingerprint density at radius 3 is 2.75 bits per heavy atom. The average Bonchev–Trinajstić information content (AvgIpc) is 3.14. The number of ether oxygens (including phenoxy) is 1. The van der Waals surface area contributed by atoms with E-state index >= 15 is 0 Å². The topological polar surface area (TPSA) is 99.0 Å². The van der Waals surface area contributed by atoms with Crippen molar-refractivity contribution in [1.29, 1.82) is 0 Å². The molecule has 0 aliphatic carbocycles. The van der Waals surface area contributed by atoms with E-state index in [0.29, 0.717) is 60.8 Å². The van der Waals surface area contributed by atoms with Gasteiger partial charge in [0.05, 0.1) is 11.6 Å². The van der Waals surface area contributed by atoms with E-state index in [1.54, 1.807) is 29.2 Å². The fourth-order valence-corrected chi connectivity index (χ4v) is 4.24. The zero-order valence-corrected chi connectivity index (χ0v) is 18.6. The third-order valence-corrected chi connectivity index (χ3v) is 5.86. The van der Waals surface area contributed by atoms with Gasteiger partial charge < -0.3 is 19.2 Å². The molecular formula is C23H26ClN3O5. The minimum Gasteiger partial charge on any atom is -0.445 e. The van der Waals surface area contributed by atoms with Crippen molar-refractivity contribution in [2.24, 2.45) is 0 Å². The third-order valence-electron chi connectivity index (χ3n) is 5.64. The quantitative estimate of drug-likeness (QED) is 0.585. The van der Waals surface area contributed by atoms with Crippen molar-refractivity contribution >= 4 is 28.8 Å². The van der Waals surface area contributed by atoms with Gasteiger partial charge in [-0.05, 0) is 54.3 Å². The van der Waals surface area contributed by atoms with Gasteiger partial charge in [0.15, 0.2) is 5.58 Å². The van der Waals surface area contributed by atoms with Gasteiger partial charge >= 0.3 is 11.8 Å². The maximum Gasteiger partial charge on any atom is 0.417 e. The maximum absolute atomic E-state index is 12.4. The van der Waals surface area contributed by atoms with Crippen LogP contribution in [-0.2, 0) is 11.3 Å². The molecule has 1 fully saturated rings. The molecule has 1 amide bonds. The van der Waals surface area contributed by atoms with Crippen molar-refractivity contribution < 1.29 is 19.1 Å². The molecule has 2 heterocycles. The van der Waals surface area contributed by atoms with E-state index in [0.717, 1.165) is 11.1 Å². The molecule has 2 aromatic carbocycles. The molecule has 0 spiro atoms. The van der Waals surface area contributed by atoms with Crippen LogP contribution in [0.4, 0.5) is 4.79 Å². The Morgan fingerprint density at radius 1 is 1.22 bits per heavy atom. The Bertz CT molecular complexity index is 1130. The Hall–Kier alpha value is -2.81. The average molecular weight is 460 g/mol. The summed E-state index contributed by atoms with van der Waals surface area (Å²) < 4.78 is 10.5. The highest BCUT2D eigenvalue weighted by Crippen LogP contribution is 2.22. The summed E-state index contributed by atoms with van der Waals surface area (Å²) >= 11 is 6.06. The van der Waals surface area contributed by atoms with E-state index in [1.165, 1.54) is 0 Å². The second-order valence-corrected chi connectivity index (χ2v) is 8.53. The van der Waals surface area contributed by atoms with Gasteiger partial charge in [-0.1, -0.05) is 23.7 Å². The molecule has 0 radical (unpaired) electrons. The first-order valence-electron chi connectivity index (χ1n) is 10.6. The molecule has 32 heavy (non-hydrogen) atoms. The lowest BCUT2D eigenvalue weighted by molar-refractivity contribution is 0.0659. The molecule has 1 atom stereocenters. The lowest BCUT2D eigenvalue weighted by Gasteiger charge is -2.34. The third kappa shape index (κ3) is 5.51. The molecule has 1 unspecified atom stereocenters. The standard InChI is InChI=1S/C23H26ClN3O5/c1-15-10-16(12-18(24)11-15)14-31-23(30)27-8-6-26(7-9-27)5-4-20(28)17-2-3-19-21(13-17)32-22(29)25-19/h2-3,10-13,20,28H,4-9,14H2,1H3,(H,25,29). The van der Waals surface area contributed by atoms with Gasteiger partial charge in [-0.2, -0.15) is 0 Å². The normalized spacial score (nSPS) is 15.8. The number of piperazine rings is 1. The summed E-state index contributed by atoms with van der Waals surface area (Å²) in [6.07, 6.45) is -0.453. The fraction of sp³-hybridized carbons (Fsp3) is 0.391. The molecule has 8 nitrogen and oxygen atoms in total. The maximum atomic E-state index is 12.4. The van der Waals surface area contributed by atoms with Crippen LogP contribution in [0.2, 0.25) is 5.02 Å². The molecule has 1 aliphatic heterocycles. The molecular weight excluding hydrogens is 434 g/mol. The van der Waals surface area contributed by atoms with E-state index in [1.807, 2.05) is 19.1 Å². The summed E-state index contributed by atoms with van der Waals surface area (Å²) in [4.78, 5) is 30.2. The predicted molar refractivity (Wildman–Crippen MR) is 121 cm³/mol. The smallest absolute Gasteiger partial charge is 0.417 e. The highest BCUT2D eigenvalue weighted by atomic mass is 35.5. The number of nitrogens with zero attached hydrogens (tertiary/aromatic N) is 2. The molecule has 4 rings (SSSR count). The summed E-state index contributed by atoms with van der Waals surface area (Å²) in [6, 6.07) is 10.8. The number of aromatic amines is 1. The number of hydrogen-bond donors (Lipinski definition) is 2. The van der Waals surface area contributed by atoms with Gasteiger partial charge in [0.2, 0.25) is 0 Å². The van der Waals surface area contributed by atoms with E-state index in [-0.39, 0.29) is 12.7 Å². The number of oxazole rings is 1. The van der Waals surface area contributed by atoms with Crippen LogP contribution in [0.1, 0.15) is 29.2 Å². The Labute approximate surface area is 190 Å². The van der Waals surface area contributed by atoms with Gasteiger partial charge in [-0.15, -0.1) is 0 Å². The van der Waals surface area contributed by atoms with Crippen LogP contribution in [0.3, 0.4) is 0 Å². The number of halogens is 1. The van der Waals surface area contributed by atoms with Gasteiger partial charge in [0.25, 0.3) is 0 Å². The number of H-pyrrole nitrogens is 1. The fourth-order valence-electron chi connectivity index (χ4n) is 3.93. The van der Waals surface area contributed by atoms with Gasteiger partial charge in [-0.25, -0.2) is 9.59 Å². The number of hydrogen-bond acceptors (Lipinski definition) is 6. The number of carbonyl (C=O) groups excluding carboxylic acids is 1. The first-order chi connectivity index (χ1) is 15.4. The second kappa shape index (κ2) is 9.77. The van der Waals surface area contributed by atoms with Crippen molar-refractivity contribution in [1.82, 2.24) is 14.8 Å². The molecule has 1 saturated heterocycles. The SMILES string of the molecule is Cc1cc(Cl)cc(COC(=O)N2CCN(CCC(O)c3ccc4[nH]c(=O)oc4c3)CC2)c1. The molecule has 0 saturated carbocycles. The lowest BCUT2D eigenvalue weighted by Crippen LogP contribution is -2.49. The molecule has 0 bridgehead atoms. The largest absolute Gasteiger partial charge is 0.445 e. The number of amides is 1. The molecule has 2 N–H and O–H groups in total. The van der Waals surface area contributed by atoms with Crippen LogP contribution in [0, 0.1) is 6.92 Å². The van der Waals surface area contributed by atoms with E-state index < -0.39 is 11.9 Å². The summed E-state index contributed by atoms with van der Waals surface area (Å²) in [5, 5.41) is 11.2. The monoisotopic (exact) mass is 459 g/mol. The summed E-state index contributed by atoms with van der Waals surface area (Å²) in [7, 11) is 0. The van der Waals surface area contributed by atoms with Crippen LogP contribution < -0.4 is 5.76 Å². The zero-order valence-electron chi connectivity index (χ0n) is 17.8. The van der Waals surface area contributed by atoms with Gasteiger partial charge in [0, 0.05) is 37.7 Å². The number of aliphatic hydroxyl groups is 1. The molecule has 1 aromatic heterocycles. The Kier molecular flexibility index (Phi) is 6.83. The van der Waals surface area contributed by atoms with Crippen molar-refractivity contribution in [3.8, 4) is 0 Å². The van der Waals surface area contributed by atoms with Gasteiger partial charge in [0.1, 0.15) is 6.61 Å². The summed E-state index contributed by atoms with van der Waals surface area (Å²) in [5.74, 6) is -0.509. The predicted octanol–water partition coefficient (Wildman–Crippen LogP) is 3.46. The Balaban J connectivity index is 1.21. The van der Waals surface area contributed by atoms with Crippen LogP contribution in [0.5, 0.6) is 0 Å². The van der Waals surface area contributed by atoms with Crippen LogP contribution in [-0.4, -0.2) is 58.7 Å². The van der Waals surface area contributed by atoms with E-state index in [2.05, 4.69) is 9.88 Å². The molecule has 3 aromatic rings. The van der Waals surface area contributed by atoms with Crippen molar-refractivity contribution in [2.75, 3.05) is 32.7 Å². The number of aryl methyl sites for hydroxylation is 1. The van der Waals surface area contributed by atoms with Gasteiger partial charge in [-0.3, -0.25) is 9.88 Å². The number of rotatable bonds is 6. The zero-order chi connectivity index (χ0) is 22.7. The molecule has 170 valence electrons. The molecule has 9 heteroatoms. The lowest BCUT2D eigenvalue weighted by atomic mass is 10.1. The van der Waals surface area contributed by atoms with E-state index in [9.17, 15) is 14.7 Å². The molecule has 1 aliphatic rings. The number of nitrogens with one attached hydrogen (secondary N) is 1. The highest BCUT2D eigenvalue weighted by molar-refractivity contribution is 6.30. The highest BCUT2D eigenvalue weighted by Gasteiger charge is 2.23. The number of benzene rings is 2.